The van der Waals surface area contributed by atoms with Crippen molar-refractivity contribution in [1.29, 1.82) is 0 Å². The van der Waals surface area contributed by atoms with Crippen LogP contribution >= 0.6 is 15.9 Å². The number of halogens is 1. The number of nitrogens with one attached hydrogen (secondary N) is 2. The molecule has 0 saturated heterocycles. The van der Waals surface area contributed by atoms with Crippen molar-refractivity contribution in [2.75, 3.05) is 18.7 Å². The summed E-state index contributed by atoms with van der Waals surface area (Å²) in [4.78, 5) is 23.8. The molecule has 1 aliphatic rings. The topological polar surface area (TPSA) is 98.2 Å². The van der Waals surface area contributed by atoms with Gasteiger partial charge in [-0.2, -0.15) is 5.10 Å². The quantitative estimate of drug-likeness (QED) is 0.429. The minimum Gasteiger partial charge on any atom is -0.494 e. The van der Waals surface area contributed by atoms with Crippen LogP contribution in [-0.4, -0.2) is 31.4 Å². The van der Waals surface area contributed by atoms with Crippen LogP contribution in [0.1, 0.15) is 12.5 Å². The van der Waals surface area contributed by atoms with Gasteiger partial charge in [0.25, 0.3) is 0 Å². The molecule has 0 atom stereocenters. The molecule has 140 valence electrons. The molecular weight excluding hydrogens is 418 g/mol. The first-order valence-corrected chi connectivity index (χ1v) is 8.82. The van der Waals surface area contributed by atoms with Crippen molar-refractivity contribution >= 4 is 39.6 Å². The maximum atomic E-state index is 11.9. The number of rotatable bonds is 5. The molecule has 3 rings (SSSR count). The highest BCUT2D eigenvalue weighted by Crippen LogP contribution is 2.36. The summed E-state index contributed by atoms with van der Waals surface area (Å²) in [5.41, 5.74) is 3.31. The lowest BCUT2D eigenvalue weighted by Gasteiger charge is -2.06. The highest BCUT2D eigenvalue weighted by atomic mass is 79.9. The van der Waals surface area contributed by atoms with Crippen LogP contribution in [0.5, 0.6) is 17.2 Å². The first-order valence-electron chi connectivity index (χ1n) is 8.03. The Balaban J connectivity index is 1.55. The first kappa shape index (κ1) is 18.7. The predicted octanol–water partition coefficient (Wildman–Crippen LogP) is 2.67. The Bertz CT molecular complexity index is 883. The minimum absolute atomic E-state index is 0.158. The van der Waals surface area contributed by atoms with Crippen LogP contribution in [0.2, 0.25) is 0 Å². The third-order valence-electron chi connectivity index (χ3n) is 3.49. The Labute approximate surface area is 163 Å². The summed E-state index contributed by atoms with van der Waals surface area (Å²) in [7, 11) is 0. The molecule has 2 amide bonds. The lowest BCUT2D eigenvalue weighted by Crippen LogP contribution is -2.32. The van der Waals surface area contributed by atoms with E-state index in [0.717, 1.165) is 0 Å². The number of hydrogen-bond donors (Lipinski definition) is 2. The van der Waals surface area contributed by atoms with Gasteiger partial charge < -0.3 is 19.5 Å². The fourth-order valence-corrected chi connectivity index (χ4v) is 2.66. The van der Waals surface area contributed by atoms with Gasteiger partial charge in [0, 0.05) is 15.7 Å². The highest BCUT2D eigenvalue weighted by molar-refractivity contribution is 9.10. The SMILES string of the molecule is CCOc1ccc(NC(=O)C(=O)N/N=C/c2cc3c(cc2Br)OCO3)cc1. The molecule has 0 unspecified atom stereocenters. The average molecular weight is 434 g/mol. The zero-order valence-electron chi connectivity index (χ0n) is 14.3. The molecule has 0 saturated carbocycles. The Hall–Kier alpha value is -3.07. The number of nitrogens with zero attached hydrogens (tertiary/aromatic N) is 1. The Morgan fingerprint density at radius 3 is 2.59 bits per heavy atom. The van der Waals surface area contributed by atoms with Crippen molar-refractivity contribution in [2.24, 2.45) is 5.10 Å². The van der Waals surface area contributed by atoms with Crippen LogP contribution in [0, 0.1) is 0 Å². The monoisotopic (exact) mass is 433 g/mol. The maximum absolute atomic E-state index is 11.9. The van der Waals surface area contributed by atoms with E-state index in [2.05, 4.69) is 31.8 Å². The zero-order chi connectivity index (χ0) is 19.2. The summed E-state index contributed by atoms with van der Waals surface area (Å²) in [5, 5.41) is 6.28. The van der Waals surface area contributed by atoms with Gasteiger partial charge in [0.15, 0.2) is 11.5 Å². The van der Waals surface area contributed by atoms with E-state index in [1.54, 1.807) is 36.4 Å². The molecule has 1 heterocycles. The van der Waals surface area contributed by atoms with Crippen molar-refractivity contribution in [2.45, 2.75) is 6.92 Å². The van der Waals surface area contributed by atoms with Gasteiger partial charge in [-0.05, 0) is 59.3 Å². The van der Waals surface area contributed by atoms with E-state index >= 15 is 0 Å². The molecule has 0 aromatic heterocycles. The van der Waals surface area contributed by atoms with Crippen LogP contribution in [0.15, 0.2) is 46.0 Å². The largest absolute Gasteiger partial charge is 0.494 e. The highest BCUT2D eigenvalue weighted by Gasteiger charge is 2.16. The number of anilines is 1. The lowest BCUT2D eigenvalue weighted by atomic mass is 10.2. The van der Waals surface area contributed by atoms with Gasteiger partial charge in [-0.25, -0.2) is 5.43 Å². The van der Waals surface area contributed by atoms with E-state index in [1.807, 2.05) is 6.92 Å². The summed E-state index contributed by atoms with van der Waals surface area (Å²) in [6, 6.07) is 10.1. The summed E-state index contributed by atoms with van der Waals surface area (Å²) in [5.74, 6) is 0.161. The molecule has 8 nitrogen and oxygen atoms in total. The van der Waals surface area contributed by atoms with Crippen LogP contribution in [-0.2, 0) is 9.59 Å². The van der Waals surface area contributed by atoms with Gasteiger partial charge in [-0.1, -0.05) is 0 Å². The standard InChI is InChI=1S/C18H16BrN3O5/c1-2-25-13-5-3-12(4-6-13)21-17(23)18(24)22-20-9-11-7-15-16(8-14(11)19)27-10-26-15/h3-9H,2,10H2,1H3,(H,21,23)(H,22,24)/b20-9+. The van der Waals surface area contributed by atoms with E-state index in [4.69, 9.17) is 14.2 Å². The molecule has 2 N–H and O–H groups in total. The fraction of sp³-hybridized carbons (Fsp3) is 0.167. The summed E-state index contributed by atoms with van der Waals surface area (Å²) in [6.45, 7) is 2.58. The number of fused-ring (bicyclic) bond motifs is 1. The van der Waals surface area contributed by atoms with Crippen LogP contribution in [0.4, 0.5) is 5.69 Å². The van der Waals surface area contributed by atoms with Gasteiger partial charge in [0.2, 0.25) is 6.79 Å². The van der Waals surface area contributed by atoms with E-state index in [-0.39, 0.29) is 6.79 Å². The van der Waals surface area contributed by atoms with Gasteiger partial charge in [-0.3, -0.25) is 9.59 Å². The van der Waals surface area contributed by atoms with E-state index in [9.17, 15) is 9.59 Å². The van der Waals surface area contributed by atoms with Crippen LogP contribution < -0.4 is 25.0 Å². The normalized spacial score (nSPS) is 12.1. The molecule has 1 aliphatic heterocycles. The summed E-state index contributed by atoms with van der Waals surface area (Å²) in [6.07, 6.45) is 1.40. The fourth-order valence-electron chi connectivity index (χ4n) is 2.23. The molecule has 2 aromatic carbocycles. The molecular formula is C18H16BrN3O5. The van der Waals surface area contributed by atoms with Crippen LogP contribution in [0.25, 0.3) is 0 Å². The van der Waals surface area contributed by atoms with E-state index in [1.165, 1.54) is 6.21 Å². The van der Waals surface area contributed by atoms with Crippen molar-refractivity contribution in [1.82, 2.24) is 5.43 Å². The van der Waals surface area contributed by atoms with Gasteiger partial charge in [0.05, 0.1) is 12.8 Å². The Morgan fingerprint density at radius 1 is 1.19 bits per heavy atom. The van der Waals surface area contributed by atoms with E-state index in [0.29, 0.717) is 39.6 Å². The summed E-state index contributed by atoms with van der Waals surface area (Å²) < 4.78 is 16.6. The molecule has 9 heteroatoms. The molecule has 0 radical (unpaired) electrons. The Kier molecular flexibility index (Phi) is 5.92. The number of ether oxygens (including phenoxy) is 3. The molecule has 0 aliphatic carbocycles. The number of carbonyl (C=O) groups is 2. The molecule has 0 bridgehead atoms. The van der Waals surface area contributed by atoms with Crippen molar-refractivity contribution in [3.8, 4) is 17.2 Å². The second-order valence-electron chi connectivity index (χ2n) is 5.34. The first-order chi connectivity index (χ1) is 13.1. The average Bonchev–Trinajstić information content (AvgIpc) is 3.10. The predicted molar refractivity (Wildman–Crippen MR) is 102 cm³/mol. The molecule has 0 fully saturated rings. The van der Waals surface area contributed by atoms with Gasteiger partial charge in [0.1, 0.15) is 5.75 Å². The smallest absolute Gasteiger partial charge is 0.329 e. The van der Waals surface area contributed by atoms with Gasteiger partial charge in [-0.15, -0.1) is 0 Å². The zero-order valence-corrected chi connectivity index (χ0v) is 15.9. The van der Waals surface area contributed by atoms with Gasteiger partial charge >= 0.3 is 11.8 Å². The summed E-state index contributed by atoms with van der Waals surface area (Å²) >= 11 is 3.38. The van der Waals surface area contributed by atoms with Crippen molar-refractivity contribution < 1.29 is 23.8 Å². The van der Waals surface area contributed by atoms with Crippen LogP contribution in [0.3, 0.4) is 0 Å². The lowest BCUT2D eigenvalue weighted by molar-refractivity contribution is -0.136. The third-order valence-corrected chi connectivity index (χ3v) is 4.18. The number of carbonyl (C=O) groups excluding carboxylic acids is 2. The number of benzene rings is 2. The molecule has 2 aromatic rings. The number of hydrogen-bond acceptors (Lipinski definition) is 6. The molecule has 27 heavy (non-hydrogen) atoms. The second-order valence-corrected chi connectivity index (χ2v) is 6.19. The number of hydrazone groups is 1. The van der Waals surface area contributed by atoms with E-state index < -0.39 is 11.8 Å². The number of amides is 2. The third kappa shape index (κ3) is 4.76. The van der Waals surface area contributed by atoms with Crippen molar-refractivity contribution in [3.63, 3.8) is 0 Å². The molecule has 0 spiro atoms. The maximum Gasteiger partial charge on any atom is 0.329 e. The van der Waals surface area contributed by atoms with Crippen molar-refractivity contribution in [3.05, 3.63) is 46.4 Å². The second kappa shape index (κ2) is 8.54. The minimum atomic E-state index is -0.892. The Morgan fingerprint density at radius 2 is 1.89 bits per heavy atom.